The Morgan fingerprint density at radius 1 is 1.43 bits per heavy atom. The summed E-state index contributed by atoms with van der Waals surface area (Å²) < 4.78 is 5.86. The second-order valence-electron chi connectivity index (χ2n) is 4.63. The van der Waals surface area contributed by atoms with Gasteiger partial charge in [0.1, 0.15) is 5.75 Å². The van der Waals surface area contributed by atoms with Gasteiger partial charge in [0, 0.05) is 18.2 Å². The van der Waals surface area contributed by atoms with Gasteiger partial charge in [0.2, 0.25) is 0 Å². The van der Waals surface area contributed by atoms with Gasteiger partial charge in [-0.05, 0) is 53.9 Å². The Labute approximate surface area is 132 Å². The van der Waals surface area contributed by atoms with E-state index < -0.39 is 5.97 Å². The lowest BCUT2D eigenvalue weighted by molar-refractivity contribution is -0.137. The number of nitrogens with one attached hydrogen (secondary N) is 2. The summed E-state index contributed by atoms with van der Waals surface area (Å²) in [5.74, 6) is -0.141. The summed E-state index contributed by atoms with van der Waals surface area (Å²) in [4.78, 5) is 22.2. The highest BCUT2D eigenvalue weighted by molar-refractivity contribution is 9.10. The molecule has 21 heavy (non-hydrogen) atoms. The third kappa shape index (κ3) is 6.48. The smallest absolute Gasteiger partial charge is 0.319 e. The predicted molar refractivity (Wildman–Crippen MR) is 83.8 cm³/mol. The molecule has 1 aromatic carbocycles. The zero-order chi connectivity index (χ0) is 15.8. The van der Waals surface area contributed by atoms with Crippen molar-refractivity contribution in [3.63, 3.8) is 0 Å². The van der Waals surface area contributed by atoms with E-state index >= 15 is 0 Å². The number of hydrogen-bond donors (Lipinski definition) is 3. The van der Waals surface area contributed by atoms with Crippen LogP contribution in [0.2, 0.25) is 0 Å². The number of amides is 2. The largest absolute Gasteiger partial charge is 0.496 e. The molecule has 0 bridgehead atoms. The fourth-order valence-corrected chi connectivity index (χ4v) is 2.31. The molecule has 0 spiro atoms. The summed E-state index contributed by atoms with van der Waals surface area (Å²) >= 11 is 3.34. The van der Waals surface area contributed by atoms with Crippen LogP contribution in [0.5, 0.6) is 5.75 Å². The fraction of sp³-hybridized carbons (Fsp3) is 0.429. The number of carboxylic acid groups (broad SMARTS) is 1. The zero-order valence-electron chi connectivity index (χ0n) is 12.0. The number of hydrogen-bond acceptors (Lipinski definition) is 3. The molecular weight excluding hydrogens is 340 g/mol. The third-order valence-corrected chi connectivity index (χ3v) is 3.43. The van der Waals surface area contributed by atoms with Crippen LogP contribution in [0.4, 0.5) is 10.5 Å². The lowest BCUT2D eigenvalue weighted by atomic mass is 10.1. The van der Waals surface area contributed by atoms with Crippen molar-refractivity contribution >= 4 is 33.6 Å². The Morgan fingerprint density at radius 3 is 2.71 bits per heavy atom. The Hall–Kier alpha value is -1.76. The quantitative estimate of drug-likeness (QED) is 0.698. The minimum Gasteiger partial charge on any atom is -0.496 e. The predicted octanol–water partition coefficient (Wildman–Crippen LogP) is 3.22. The molecule has 116 valence electrons. The Balaban J connectivity index is 2.42. The fourth-order valence-electron chi connectivity index (χ4n) is 1.77. The number of benzene rings is 1. The molecule has 3 N–H and O–H groups in total. The minimum absolute atomic E-state index is 0.0916. The molecule has 1 atom stereocenters. The first-order valence-electron chi connectivity index (χ1n) is 6.55. The maximum Gasteiger partial charge on any atom is 0.319 e. The van der Waals surface area contributed by atoms with Crippen LogP contribution in [0, 0.1) is 0 Å². The molecule has 1 rings (SSSR count). The molecule has 7 heteroatoms. The molecule has 2 amide bonds. The summed E-state index contributed by atoms with van der Waals surface area (Å²) in [6.45, 7) is 1.84. The Bertz CT molecular complexity index is 508. The molecule has 0 saturated carbocycles. The summed E-state index contributed by atoms with van der Waals surface area (Å²) in [6.07, 6.45) is 1.26. The molecule has 0 radical (unpaired) electrons. The van der Waals surface area contributed by atoms with E-state index in [1.807, 2.05) is 6.92 Å². The first-order chi connectivity index (χ1) is 9.92. The summed E-state index contributed by atoms with van der Waals surface area (Å²) in [7, 11) is 1.57. The summed E-state index contributed by atoms with van der Waals surface area (Å²) in [5.41, 5.74) is 0.637. The van der Waals surface area contributed by atoms with Gasteiger partial charge in [0.15, 0.2) is 0 Å². The molecule has 0 aliphatic carbocycles. The molecular formula is C14H19BrN2O4. The van der Waals surface area contributed by atoms with E-state index in [1.54, 1.807) is 25.3 Å². The Kier molecular flexibility index (Phi) is 7.01. The van der Waals surface area contributed by atoms with Gasteiger partial charge in [-0.1, -0.05) is 0 Å². The van der Waals surface area contributed by atoms with Gasteiger partial charge in [-0.3, -0.25) is 4.79 Å². The van der Waals surface area contributed by atoms with Crippen LogP contribution in [0.15, 0.2) is 22.7 Å². The van der Waals surface area contributed by atoms with Crippen molar-refractivity contribution < 1.29 is 19.4 Å². The number of ether oxygens (including phenoxy) is 1. The maximum atomic E-state index is 11.8. The number of methoxy groups -OCH3 is 1. The van der Waals surface area contributed by atoms with Crippen LogP contribution < -0.4 is 15.4 Å². The minimum atomic E-state index is -0.824. The van der Waals surface area contributed by atoms with Crippen molar-refractivity contribution in [3.8, 4) is 5.75 Å². The third-order valence-electron chi connectivity index (χ3n) is 2.81. The number of carbonyl (C=O) groups excluding carboxylic acids is 1. The topological polar surface area (TPSA) is 87.7 Å². The number of aliphatic carboxylic acids is 1. The van der Waals surface area contributed by atoms with Crippen molar-refractivity contribution in [1.29, 1.82) is 0 Å². The molecule has 6 nitrogen and oxygen atoms in total. The molecule has 0 heterocycles. The van der Waals surface area contributed by atoms with E-state index in [-0.39, 0.29) is 18.5 Å². The van der Waals surface area contributed by atoms with Gasteiger partial charge >= 0.3 is 12.0 Å². The van der Waals surface area contributed by atoms with Gasteiger partial charge in [0.05, 0.1) is 11.6 Å². The van der Waals surface area contributed by atoms with Crippen LogP contribution in [0.25, 0.3) is 0 Å². The van der Waals surface area contributed by atoms with E-state index in [2.05, 4.69) is 26.6 Å². The monoisotopic (exact) mass is 358 g/mol. The SMILES string of the molecule is COc1ccc(NC(=O)NC(C)CCCC(=O)O)cc1Br. The van der Waals surface area contributed by atoms with Crippen LogP contribution >= 0.6 is 15.9 Å². The number of carbonyl (C=O) groups is 2. The van der Waals surface area contributed by atoms with Gasteiger partial charge in [0.25, 0.3) is 0 Å². The van der Waals surface area contributed by atoms with Crippen LogP contribution in [0.3, 0.4) is 0 Å². The summed E-state index contributed by atoms with van der Waals surface area (Å²) in [5, 5.41) is 14.0. The number of halogens is 1. The van der Waals surface area contributed by atoms with E-state index in [4.69, 9.17) is 9.84 Å². The van der Waals surface area contributed by atoms with Gasteiger partial charge in [-0.25, -0.2) is 4.79 Å². The van der Waals surface area contributed by atoms with Crippen molar-refractivity contribution in [1.82, 2.24) is 5.32 Å². The van der Waals surface area contributed by atoms with Crippen molar-refractivity contribution in [2.24, 2.45) is 0 Å². The number of carboxylic acids is 1. The number of anilines is 1. The lowest BCUT2D eigenvalue weighted by Gasteiger charge is -2.14. The molecule has 1 aromatic rings. The summed E-state index contributed by atoms with van der Waals surface area (Å²) in [6, 6.07) is 4.81. The average Bonchev–Trinajstić information content (AvgIpc) is 2.38. The molecule has 0 saturated heterocycles. The van der Waals surface area contributed by atoms with Crippen LogP contribution in [-0.2, 0) is 4.79 Å². The standard InChI is InChI=1S/C14H19BrN2O4/c1-9(4-3-5-13(18)19)16-14(20)17-10-6-7-12(21-2)11(15)8-10/h6-9H,3-5H2,1-2H3,(H,18,19)(H2,16,17,20). The normalized spacial score (nSPS) is 11.6. The average molecular weight is 359 g/mol. The van der Waals surface area contributed by atoms with Crippen molar-refractivity contribution in [3.05, 3.63) is 22.7 Å². The molecule has 0 aromatic heterocycles. The zero-order valence-corrected chi connectivity index (χ0v) is 13.6. The first kappa shape index (κ1) is 17.3. The van der Waals surface area contributed by atoms with E-state index in [1.165, 1.54) is 0 Å². The number of urea groups is 1. The molecule has 0 aliphatic rings. The molecule has 0 fully saturated rings. The van der Waals surface area contributed by atoms with Gasteiger partial charge in [-0.2, -0.15) is 0 Å². The van der Waals surface area contributed by atoms with E-state index in [0.29, 0.717) is 24.3 Å². The van der Waals surface area contributed by atoms with E-state index in [0.717, 1.165) is 4.47 Å². The highest BCUT2D eigenvalue weighted by Crippen LogP contribution is 2.27. The molecule has 0 aliphatic heterocycles. The highest BCUT2D eigenvalue weighted by atomic mass is 79.9. The van der Waals surface area contributed by atoms with Crippen LogP contribution in [-0.4, -0.2) is 30.3 Å². The molecule has 1 unspecified atom stereocenters. The highest BCUT2D eigenvalue weighted by Gasteiger charge is 2.09. The first-order valence-corrected chi connectivity index (χ1v) is 7.34. The van der Waals surface area contributed by atoms with Crippen molar-refractivity contribution in [2.75, 3.05) is 12.4 Å². The van der Waals surface area contributed by atoms with Gasteiger partial charge < -0.3 is 20.5 Å². The van der Waals surface area contributed by atoms with Crippen molar-refractivity contribution in [2.45, 2.75) is 32.2 Å². The lowest BCUT2D eigenvalue weighted by Crippen LogP contribution is -2.36. The van der Waals surface area contributed by atoms with E-state index in [9.17, 15) is 9.59 Å². The number of rotatable bonds is 7. The second kappa shape index (κ2) is 8.51. The van der Waals surface area contributed by atoms with Gasteiger partial charge in [-0.15, -0.1) is 0 Å². The Morgan fingerprint density at radius 2 is 2.14 bits per heavy atom. The van der Waals surface area contributed by atoms with Crippen LogP contribution in [0.1, 0.15) is 26.2 Å². The maximum absolute atomic E-state index is 11.8. The second-order valence-corrected chi connectivity index (χ2v) is 5.49.